The minimum absolute atomic E-state index is 0.0781. The Morgan fingerprint density at radius 1 is 1.31 bits per heavy atom. The Hall–Kier alpha value is -0.620. The summed E-state index contributed by atoms with van der Waals surface area (Å²) in [6.45, 7) is 0.779. The standard InChI is InChI=1S/C12H15IN2O/c13-9-1-3-11(4-2-9)15-12(16)7-8-14-10-5-6-10/h1-4,10,14H,5-8H2,(H,15,16). The number of halogens is 1. The third kappa shape index (κ3) is 4.09. The predicted octanol–water partition coefficient (Wildman–Crippen LogP) is 2.37. The predicted molar refractivity (Wildman–Crippen MR) is 73.4 cm³/mol. The highest BCUT2D eigenvalue weighted by molar-refractivity contribution is 14.1. The maximum absolute atomic E-state index is 11.5. The van der Waals surface area contributed by atoms with Gasteiger partial charge in [-0.2, -0.15) is 0 Å². The molecule has 0 bridgehead atoms. The van der Waals surface area contributed by atoms with Crippen LogP contribution in [-0.4, -0.2) is 18.5 Å². The summed E-state index contributed by atoms with van der Waals surface area (Å²) in [7, 11) is 0. The average Bonchev–Trinajstić information content (AvgIpc) is 3.05. The van der Waals surface area contributed by atoms with Crippen LogP contribution in [0.3, 0.4) is 0 Å². The van der Waals surface area contributed by atoms with Crippen molar-refractivity contribution in [3.63, 3.8) is 0 Å². The monoisotopic (exact) mass is 330 g/mol. The molecule has 0 atom stereocenters. The molecule has 0 radical (unpaired) electrons. The fraction of sp³-hybridized carbons (Fsp3) is 0.417. The van der Waals surface area contributed by atoms with Crippen LogP contribution in [0.15, 0.2) is 24.3 Å². The van der Waals surface area contributed by atoms with Crippen LogP contribution in [0.2, 0.25) is 0 Å². The van der Waals surface area contributed by atoms with Crippen molar-refractivity contribution in [2.75, 3.05) is 11.9 Å². The molecule has 4 heteroatoms. The summed E-state index contributed by atoms with van der Waals surface area (Å²) < 4.78 is 1.17. The smallest absolute Gasteiger partial charge is 0.225 e. The molecule has 1 aliphatic carbocycles. The van der Waals surface area contributed by atoms with Crippen molar-refractivity contribution in [2.24, 2.45) is 0 Å². The van der Waals surface area contributed by atoms with Crippen LogP contribution in [0.25, 0.3) is 0 Å². The molecule has 1 aliphatic rings. The first kappa shape index (κ1) is 11.9. The second-order valence-electron chi connectivity index (χ2n) is 4.03. The fourth-order valence-corrected chi connectivity index (χ4v) is 1.79. The van der Waals surface area contributed by atoms with Crippen molar-refractivity contribution in [1.82, 2.24) is 5.32 Å². The molecule has 16 heavy (non-hydrogen) atoms. The largest absolute Gasteiger partial charge is 0.326 e. The maximum Gasteiger partial charge on any atom is 0.225 e. The molecule has 0 spiro atoms. The normalized spacial score (nSPS) is 14.8. The number of rotatable bonds is 5. The minimum Gasteiger partial charge on any atom is -0.326 e. The van der Waals surface area contributed by atoms with E-state index in [2.05, 4.69) is 33.2 Å². The zero-order valence-corrected chi connectivity index (χ0v) is 11.2. The van der Waals surface area contributed by atoms with Gasteiger partial charge in [0.1, 0.15) is 0 Å². The summed E-state index contributed by atoms with van der Waals surface area (Å²) in [6, 6.07) is 8.49. The zero-order chi connectivity index (χ0) is 11.4. The molecule has 0 aliphatic heterocycles. The van der Waals surface area contributed by atoms with Gasteiger partial charge in [0.15, 0.2) is 0 Å². The number of nitrogens with one attached hydrogen (secondary N) is 2. The van der Waals surface area contributed by atoms with E-state index in [1.165, 1.54) is 16.4 Å². The van der Waals surface area contributed by atoms with Gasteiger partial charge in [-0.15, -0.1) is 0 Å². The lowest BCUT2D eigenvalue weighted by Gasteiger charge is -2.05. The zero-order valence-electron chi connectivity index (χ0n) is 9.00. The summed E-state index contributed by atoms with van der Waals surface area (Å²) in [5.41, 5.74) is 0.872. The third-order valence-corrected chi connectivity index (χ3v) is 3.21. The van der Waals surface area contributed by atoms with Gasteiger partial charge in [0.2, 0.25) is 5.91 Å². The van der Waals surface area contributed by atoms with Crippen molar-refractivity contribution in [3.05, 3.63) is 27.8 Å². The van der Waals surface area contributed by atoms with Crippen LogP contribution in [0.4, 0.5) is 5.69 Å². The van der Waals surface area contributed by atoms with Gasteiger partial charge in [-0.05, 0) is 59.7 Å². The Morgan fingerprint density at radius 2 is 2.00 bits per heavy atom. The Kier molecular flexibility index (Phi) is 4.17. The summed E-state index contributed by atoms with van der Waals surface area (Å²) in [5, 5.41) is 6.20. The molecule has 0 heterocycles. The van der Waals surface area contributed by atoms with Crippen molar-refractivity contribution in [1.29, 1.82) is 0 Å². The average molecular weight is 330 g/mol. The van der Waals surface area contributed by atoms with E-state index in [-0.39, 0.29) is 5.91 Å². The van der Waals surface area contributed by atoms with Crippen molar-refractivity contribution >= 4 is 34.2 Å². The Bertz CT molecular complexity index is 360. The van der Waals surface area contributed by atoms with Gasteiger partial charge in [-0.3, -0.25) is 4.79 Å². The first-order valence-electron chi connectivity index (χ1n) is 5.53. The Morgan fingerprint density at radius 3 is 2.62 bits per heavy atom. The van der Waals surface area contributed by atoms with E-state index in [1.54, 1.807) is 0 Å². The van der Waals surface area contributed by atoms with Crippen molar-refractivity contribution in [3.8, 4) is 0 Å². The van der Waals surface area contributed by atoms with E-state index in [9.17, 15) is 4.79 Å². The van der Waals surface area contributed by atoms with Crippen LogP contribution in [0.1, 0.15) is 19.3 Å². The molecule has 2 N–H and O–H groups in total. The van der Waals surface area contributed by atoms with Crippen molar-refractivity contribution in [2.45, 2.75) is 25.3 Å². The minimum atomic E-state index is 0.0781. The molecule has 1 aromatic carbocycles. The molecular formula is C12H15IN2O. The molecular weight excluding hydrogens is 315 g/mol. The first-order valence-corrected chi connectivity index (χ1v) is 6.61. The molecule has 0 aromatic heterocycles. The van der Waals surface area contributed by atoms with E-state index < -0.39 is 0 Å². The number of anilines is 1. The van der Waals surface area contributed by atoms with Gasteiger partial charge in [0, 0.05) is 28.3 Å². The quantitative estimate of drug-likeness (QED) is 0.814. The highest BCUT2D eigenvalue weighted by Gasteiger charge is 2.19. The molecule has 2 rings (SSSR count). The van der Waals surface area contributed by atoms with Crippen LogP contribution >= 0.6 is 22.6 Å². The van der Waals surface area contributed by atoms with E-state index in [0.717, 1.165) is 12.2 Å². The molecule has 1 fully saturated rings. The lowest BCUT2D eigenvalue weighted by Crippen LogP contribution is -2.23. The second-order valence-corrected chi connectivity index (χ2v) is 5.28. The van der Waals surface area contributed by atoms with Crippen LogP contribution in [-0.2, 0) is 4.79 Å². The number of carbonyl (C=O) groups excluding carboxylic acids is 1. The first-order chi connectivity index (χ1) is 7.74. The van der Waals surface area contributed by atoms with E-state index in [4.69, 9.17) is 0 Å². The molecule has 0 saturated heterocycles. The summed E-state index contributed by atoms with van der Waals surface area (Å²) in [4.78, 5) is 11.5. The van der Waals surface area contributed by atoms with Gasteiger partial charge in [0.25, 0.3) is 0 Å². The second kappa shape index (κ2) is 5.63. The molecule has 1 amide bonds. The highest BCUT2D eigenvalue weighted by Crippen LogP contribution is 2.18. The fourth-order valence-electron chi connectivity index (χ4n) is 1.43. The highest BCUT2D eigenvalue weighted by atomic mass is 127. The number of hydrogen-bond donors (Lipinski definition) is 2. The number of hydrogen-bond acceptors (Lipinski definition) is 2. The van der Waals surface area contributed by atoms with Gasteiger partial charge in [0.05, 0.1) is 0 Å². The lowest BCUT2D eigenvalue weighted by molar-refractivity contribution is -0.116. The Labute approximate surface area is 109 Å². The number of amides is 1. The van der Waals surface area contributed by atoms with Crippen LogP contribution in [0.5, 0.6) is 0 Å². The van der Waals surface area contributed by atoms with Gasteiger partial charge in [-0.1, -0.05) is 0 Å². The summed E-state index contributed by atoms with van der Waals surface area (Å²) in [6.07, 6.45) is 3.07. The van der Waals surface area contributed by atoms with Gasteiger partial charge >= 0.3 is 0 Å². The summed E-state index contributed by atoms with van der Waals surface area (Å²) in [5.74, 6) is 0.0781. The number of benzene rings is 1. The molecule has 1 saturated carbocycles. The molecule has 1 aromatic rings. The topological polar surface area (TPSA) is 41.1 Å². The Balaban J connectivity index is 1.70. The van der Waals surface area contributed by atoms with Crippen LogP contribution < -0.4 is 10.6 Å². The molecule has 0 unspecified atom stereocenters. The SMILES string of the molecule is O=C(CCNC1CC1)Nc1ccc(I)cc1. The van der Waals surface area contributed by atoms with Crippen molar-refractivity contribution < 1.29 is 4.79 Å². The van der Waals surface area contributed by atoms with E-state index in [0.29, 0.717) is 12.5 Å². The number of carbonyl (C=O) groups is 1. The van der Waals surface area contributed by atoms with Crippen LogP contribution in [0, 0.1) is 3.57 Å². The van der Waals surface area contributed by atoms with Gasteiger partial charge < -0.3 is 10.6 Å². The maximum atomic E-state index is 11.5. The third-order valence-electron chi connectivity index (χ3n) is 2.49. The van der Waals surface area contributed by atoms with Gasteiger partial charge in [-0.25, -0.2) is 0 Å². The van der Waals surface area contributed by atoms with E-state index >= 15 is 0 Å². The van der Waals surface area contributed by atoms with E-state index in [1.807, 2.05) is 24.3 Å². The lowest BCUT2D eigenvalue weighted by atomic mass is 10.3. The summed E-state index contributed by atoms with van der Waals surface area (Å²) >= 11 is 2.24. The molecule has 86 valence electrons. The molecule has 3 nitrogen and oxygen atoms in total.